The maximum Gasteiger partial charge on any atom is 0.0776 e. The summed E-state index contributed by atoms with van der Waals surface area (Å²) in [5.41, 5.74) is 0. The molecule has 1 atom stereocenters. The van der Waals surface area contributed by atoms with Crippen molar-refractivity contribution >= 4 is 54.5 Å². The fourth-order valence-electron chi connectivity index (χ4n) is 1.75. The van der Waals surface area contributed by atoms with Crippen LogP contribution in [-0.4, -0.2) is 6.54 Å². The van der Waals surface area contributed by atoms with Gasteiger partial charge >= 0.3 is 0 Å². The SMILES string of the molecule is CCCNC(c1cc(Br)c(C)s1)c1sccc1Br. The minimum atomic E-state index is 0.300. The van der Waals surface area contributed by atoms with E-state index in [0.717, 1.165) is 13.0 Å². The second-order valence-electron chi connectivity index (χ2n) is 4.07. The Hall–Kier alpha value is 0.320. The van der Waals surface area contributed by atoms with E-state index in [1.54, 1.807) is 11.3 Å². The molecule has 0 aliphatic carbocycles. The summed E-state index contributed by atoms with van der Waals surface area (Å²) in [5, 5.41) is 5.77. The van der Waals surface area contributed by atoms with Crippen molar-refractivity contribution in [3.8, 4) is 0 Å². The van der Waals surface area contributed by atoms with E-state index < -0.39 is 0 Å². The van der Waals surface area contributed by atoms with Gasteiger partial charge in [0.1, 0.15) is 0 Å². The molecule has 98 valence electrons. The molecule has 2 heterocycles. The predicted molar refractivity (Wildman–Crippen MR) is 88.9 cm³/mol. The van der Waals surface area contributed by atoms with Gasteiger partial charge in [-0.25, -0.2) is 0 Å². The topological polar surface area (TPSA) is 12.0 Å². The average molecular weight is 409 g/mol. The van der Waals surface area contributed by atoms with Crippen molar-refractivity contribution in [3.05, 3.63) is 41.1 Å². The monoisotopic (exact) mass is 407 g/mol. The molecule has 1 N–H and O–H groups in total. The molecule has 0 saturated carbocycles. The Kier molecular flexibility index (Phi) is 5.45. The normalized spacial score (nSPS) is 12.9. The van der Waals surface area contributed by atoms with Gasteiger partial charge in [0.2, 0.25) is 0 Å². The molecular weight excluding hydrogens is 394 g/mol. The lowest BCUT2D eigenvalue weighted by Crippen LogP contribution is -2.21. The Balaban J connectivity index is 2.33. The molecule has 2 aromatic rings. The second-order valence-corrected chi connectivity index (χ2v) is 8.02. The van der Waals surface area contributed by atoms with Gasteiger partial charge < -0.3 is 5.32 Å². The van der Waals surface area contributed by atoms with Crippen LogP contribution in [0.25, 0.3) is 0 Å². The molecule has 1 nitrogen and oxygen atoms in total. The quantitative estimate of drug-likeness (QED) is 0.665. The van der Waals surface area contributed by atoms with Gasteiger partial charge in [0.25, 0.3) is 0 Å². The minimum absolute atomic E-state index is 0.300. The van der Waals surface area contributed by atoms with Crippen LogP contribution in [0.3, 0.4) is 0 Å². The number of rotatable bonds is 5. The van der Waals surface area contributed by atoms with Crippen molar-refractivity contribution in [1.82, 2.24) is 5.32 Å². The number of aryl methyl sites for hydroxylation is 1. The van der Waals surface area contributed by atoms with Crippen molar-refractivity contribution in [2.45, 2.75) is 26.3 Å². The maximum absolute atomic E-state index is 3.64. The molecule has 0 aromatic carbocycles. The molecule has 0 radical (unpaired) electrons. The zero-order chi connectivity index (χ0) is 13.1. The molecule has 1 unspecified atom stereocenters. The van der Waals surface area contributed by atoms with Crippen LogP contribution in [0.1, 0.15) is 34.0 Å². The molecule has 0 bridgehead atoms. The van der Waals surface area contributed by atoms with Crippen LogP contribution < -0.4 is 5.32 Å². The molecule has 0 amide bonds. The second kappa shape index (κ2) is 6.66. The van der Waals surface area contributed by atoms with E-state index in [2.05, 4.69) is 68.5 Å². The Morgan fingerprint density at radius 1 is 1.33 bits per heavy atom. The average Bonchev–Trinajstić information content (AvgIpc) is 2.88. The van der Waals surface area contributed by atoms with Crippen LogP contribution in [0.5, 0.6) is 0 Å². The molecule has 0 spiro atoms. The largest absolute Gasteiger partial charge is 0.305 e. The maximum atomic E-state index is 3.64. The van der Waals surface area contributed by atoms with E-state index >= 15 is 0 Å². The third-order valence-corrected chi connectivity index (χ3v) is 6.80. The van der Waals surface area contributed by atoms with E-state index in [9.17, 15) is 0 Å². The molecule has 2 aromatic heterocycles. The van der Waals surface area contributed by atoms with Crippen LogP contribution >= 0.6 is 54.5 Å². The summed E-state index contributed by atoms with van der Waals surface area (Å²) in [5.74, 6) is 0. The molecule has 0 aliphatic heterocycles. The predicted octanol–water partition coefficient (Wildman–Crippen LogP) is 5.73. The third-order valence-electron chi connectivity index (χ3n) is 2.67. The highest BCUT2D eigenvalue weighted by atomic mass is 79.9. The summed E-state index contributed by atoms with van der Waals surface area (Å²) in [6.07, 6.45) is 1.14. The zero-order valence-electron chi connectivity index (χ0n) is 10.3. The van der Waals surface area contributed by atoms with Crippen LogP contribution in [0.4, 0.5) is 0 Å². The smallest absolute Gasteiger partial charge is 0.0776 e. The van der Waals surface area contributed by atoms with Crippen molar-refractivity contribution in [3.63, 3.8) is 0 Å². The first-order chi connectivity index (χ1) is 8.63. The third kappa shape index (κ3) is 3.25. The number of nitrogens with one attached hydrogen (secondary N) is 1. The van der Waals surface area contributed by atoms with Gasteiger partial charge in [-0.05, 0) is 69.3 Å². The summed E-state index contributed by atoms with van der Waals surface area (Å²) in [6.45, 7) is 5.38. The number of halogens is 2. The lowest BCUT2D eigenvalue weighted by molar-refractivity contribution is 0.611. The first-order valence-electron chi connectivity index (χ1n) is 5.85. The summed E-state index contributed by atoms with van der Waals surface area (Å²) < 4.78 is 2.40. The number of hydrogen-bond donors (Lipinski definition) is 1. The fraction of sp³-hybridized carbons (Fsp3) is 0.385. The van der Waals surface area contributed by atoms with Crippen molar-refractivity contribution in [2.75, 3.05) is 6.54 Å². The number of hydrogen-bond acceptors (Lipinski definition) is 3. The van der Waals surface area contributed by atoms with E-state index in [0.29, 0.717) is 6.04 Å². The lowest BCUT2D eigenvalue weighted by atomic mass is 10.2. The Morgan fingerprint density at radius 3 is 2.61 bits per heavy atom. The highest BCUT2D eigenvalue weighted by molar-refractivity contribution is 9.10. The van der Waals surface area contributed by atoms with Crippen LogP contribution in [0.15, 0.2) is 26.5 Å². The highest BCUT2D eigenvalue weighted by Crippen LogP contribution is 2.38. The summed E-state index contributed by atoms with van der Waals surface area (Å²) in [4.78, 5) is 4.06. The first kappa shape index (κ1) is 14.7. The van der Waals surface area contributed by atoms with E-state index in [1.807, 2.05) is 11.3 Å². The molecule has 18 heavy (non-hydrogen) atoms. The van der Waals surface area contributed by atoms with Crippen LogP contribution in [0.2, 0.25) is 0 Å². The summed E-state index contributed by atoms with van der Waals surface area (Å²) >= 11 is 10.9. The van der Waals surface area contributed by atoms with E-state index in [1.165, 1.54) is 23.6 Å². The van der Waals surface area contributed by atoms with Crippen molar-refractivity contribution in [2.24, 2.45) is 0 Å². The van der Waals surface area contributed by atoms with Gasteiger partial charge in [0, 0.05) is 23.6 Å². The minimum Gasteiger partial charge on any atom is -0.305 e. The van der Waals surface area contributed by atoms with Gasteiger partial charge in [-0.1, -0.05) is 6.92 Å². The van der Waals surface area contributed by atoms with Crippen LogP contribution in [-0.2, 0) is 0 Å². The Bertz CT molecular complexity index is 499. The van der Waals surface area contributed by atoms with Gasteiger partial charge in [0.15, 0.2) is 0 Å². The van der Waals surface area contributed by atoms with Crippen molar-refractivity contribution in [1.29, 1.82) is 0 Å². The molecular formula is C13H15Br2NS2. The van der Waals surface area contributed by atoms with Gasteiger partial charge in [-0.3, -0.25) is 0 Å². The van der Waals surface area contributed by atoms with Crippen LogP contribution in [0, 0.1) is 6.92 Å². The van der Waals surface area contributed by atoms with E-state index in [4.69, 9.17) is 0 Å². The zero-order valence-corrected chi connectivity index (χ0v) is 15.1. The summed E-state index contributed by atoms with van der Waals surface area (Å²) in [7, 11) is 0. The molecule has 0 aliphatic rings. The molecule has 2 rings (SSSR count). The van der Waals surface area contributed by atoms with Gasteiger partial charge in [-0.2, -0.15) is 0 Å². The standard InChI is InChI=1S/C13H15Br2NS2/c1-3-5-16-12(13-9(14)4-6-17-13)11-7-10(15)8(2)18-11/h4,6-7,12,16H,3,5H2,1-2H3. The summed E-state index contributed by atoms with van der Waals surface area (Å²) in [6, 6.07) is 4.66. The van der Waals surface area contributed by atoms with E-state index in [-0.39, 0.29) is 0 Å². The lowest BCUT2D eigenvalue weighted by Gasteiger charge is -2.16. The van der Waals surface area contributed by atoms with Gasteiger partial charge in [0.05, 0.1) is 6.04 Å². The van der Waals surface area contributed by atoms with Gasteiger partial charge in [-0.15, -0.1) is 22.7 Å². The fourth-order valence-corrected chi connectivity index (χ4v) is 5.16. The van der Waals surface area contributed by atoms with Crippen molar-refractivity contribution < 1.29 is 0 Å². The first-order valence-corrected chi connectivity index (χ1v) is 9.13. The molecule has 5 heteroatoms. The molecule has 0 saturated heterocycles. The Morgan fingerprint density at radius 2 is 2.11 bits per heavy atom. The number of thiophene rings is 2. The highest BCUT2D eigenvalue weighted by Gasteiger charge is 2.20. The Labute approximate surface area is 133 Å². The molecule has 0 fully saturated rings.